The number of aryl methyl sites for hydroxylation is 1. The second-order valence-electron chi connectivity index (χ2n) is 5.17. The molecular formula is C18H22N2O5. The molecule has 0 atom stereocenters. The summed E-state index contributed by atoms with van der Waals surface area (Å²) in [7, 11) is 6.21. The molecule has 0 spiro atoms. The lowest BCUT2D eigenvalue weighted by atomic mass is 10.1. The largest absolute Gasteiger partial charge is 0.493 e. The summed E-state index contributed by atoms with van der Waals surface area (Å²) in [6.45, 7) is 0. The molecule has 0 aliphatic heterocycles. The van der Waals surface area contributed by atoms with Crippen molar-refractivity contribution >= 4 is 11.6 Å². The minimum atomic E-state index is -0.110. The lowest BCUT2D eigenvalue weighted by molar-refractivity contribution is -0.116. The molecular weight excluding hydrogens is 324 g/mol. The van der Waals surface area contributed by atoms with Gasteiger partial charge >= 0.3 is 0 Å². The molecule has 0 saturated carbocycles. The molecule has 1 heterocycles. The van der Waals surface area contributed by atoms with Crippen molar-refractivity contribution in [3.8, 4) is 23.1 Å². The molecule has 0 radical (unpaired) electrons. The van der Waals surface area contributed by atoms with Gasteiger partial charge in [-0.05, 0) is 30.2 Å². The molecule has 0 aliphatic rings. The maximum Gasteiger partial charge on any atom is 0.224 e. The monoisotopic (exact) mass is 346 g/mol. The van der Waals surface area contributed by atoms with Gasteiger partial charge in [-0.2, -0.15) is 0 Å². The van der Waals surface area contributed by atoms with Crippen LogP contribution in [0.5, 0.6) is 23.1 Å². The van der Waals surface area contributed by atoms with Crippen LogP contribution < -0.4 is 24.3 Å². The highest BCUT2D eigenvalue weighted by molar-refractivity contribution is 5.90. The van der Waals surface area contributed by atoms with Crippen LogP contribution >= 0.6 is 0 Å². The van der Waals surface area contributed by atoms with Crippen LogP contribution in [0.1, 0.15) is 12.0 Å². The summed E-state index contributed by atoms with van der Waals surface area (Å²) in [5.74, 6) is 2.05. The number of amides is 1. The predicted molar refractivity (Wildman–Crippen MR) is 93.8 cm³/mol. The van der Waals surface area contributed by atoms with Crippen molar-refractivity contribution in [3.05, 3.63) is 36.0 Å². The van der Waals surface area contributed by atoms with Crippen LogP contribution in [-0.4, -0.2) is 39.3 Å². The van der Waals surface area contributed by atoms with Gasteiger partial charge in [0.25, 0.3) is 0 Å². The van der Waals surface area contributed by atoms with Crippen molar-refractivity contribution < 1.29 is 23.7 Å². The van der Waals surface area contributed by atoms with Gasteiger partial charge in [0, 0.05) is 12.5 Å². The molecule has 1 aromatic carbocycles. The first-order chi connectivity index (χ1) is 12.1. The quantitative estimate of drug-likeness (QED) is 0.792. The Morgan fingerprint density at radius 1 is 1.00 bits per heavy atom. The van der Waals surface area contributed by atoms with Crippen LogP contribution in [0.25, 0.3) is 0 Å². The first kappa shape index (κ1) is 18.4. The highest BCUT2D eigenvalue weighted by Gasteiger charge is 2.14. The highest BCUT2D eigenvalue weighted by atomic mass is 16.5. The van der Waals surface area contributed by atoms with Gasteiger partial charge in [0.2, 0.25) is 17.5 Å². The summed E-state index contributed by atoms with van der Waals surface area (Å²) in [6, 6.07) is 7.10. The normalized spacial score (nSPS) is 10.1. The lowest BCUT2D eigenvalue weighted by Crippen LogP contribution is -2.12. The Hall–Kier alpha value is -2.96. The molecule has 25 heavy (non-hydrogen) atoms. The van der Waals surface area contributed by atoms with Crippen LogP contribution in [0, 0.1) is 0 Å². The molecule has 2 rings (SSSR count). The van der Waals surface area contributed by atoms with E-state index >= 15 is 0 Å². The zero-order valence-electron chi connectivity index (χ0n) is 14.8. The van der Waals surface area contributed by atoms with Crippen LogP contribution in [0.15, 0.2) is 30.5 Å². The van der Waals surface area contributed by atoms with E-state index < -0.39 is 0 Å². The van der Waals surface area contributed by atoms with E-state index in [0.717, 1.165) is 5.56 Å². The zero-order valence-corrected chi connectivity index (χ0v) is 14.8. The molecule has 0 aliphatic carbocycles. The average Bonchev–Trinajstić information content (AvgIpc) is 2.65. The predicted octanol–water partition coefficient (Wildman–Crippen LogP) is 2.69. The average molecular weight is 346 g/mol. The molecule has 1 N–H and O–H groups in total. The van der Waals surface area contributed by atoms with E-state index in [0.29, 0.717) is 41.7 Å². The number of anilines is 1. The molecule has 0 saturated heterocycles. The third-order valence-corrected chi connectivity index (χ3v) is 3.59. The highest BCUT2D eigenvalue weighted by Crippen LogP contribution is 2.38. The molecule has 0 bridgehead atoms. The maximum absolute atomic E-state index is 12.1. The minimum absolute atomic E-state index is 0.110. The standard InChI is InChI=1S/C18H22N2O5/c1-22-14-9-12(10-15(23-2)18(14)25-4)5-7-16(21)20-13-6-8-17(24-3)19-11-13/h6,8-11H,5,7H2,1-4H3,(H,20,21). The third kappa shape index (κ3) is 4.76. The van der Waals surface area contributed by atoms with Crippen molar-refractivity contribution in [2.45, 2.75) is 12.8 Å². The molecule has 0 fully saturated rings. The number of carbonyl (C=O) groups is 1. The summed E-state index contributed by atoms with van der Waals surface area (Å²) >= 11 is 0. The van der Waals surface area contributed by atoms with Gasteiger partial charge in [0.05, 0.1) is 40.3 Å². The summed E-state index contributed by atoms with van der Waals surface area (Å²) in [4.78, 5) is 16.2. The molecule has 1 amide bonds. The number of hydrogen-bond donors (Lipinski definition) is 1. The number of ether oxygens (including phenoxy) is 4. The van der Waals surface area contributed by atoms with Gasteiger partial charge in [0.15, 0.2) is 11.5 Å². The number of carbonyl (C=O) groups excluding carboxylic acids is 1. The maximum atomic E-state index is 12.1. The van der Waals surface area contributed by atoms with Crippen molar-refractivity contribution in [3.63, 3.8) is 0 Å². The molecule has 7 heteroatoms. The van der Waals surface area contributed by atoms with E-state index in [4.69, 9.17) is 18.9 Å². The summed E-state index contributed by atoms with van der Waals surface area (Å²) in [5.41, 5.74) is 1.54. The summed E-state index contributed by atoms with van der Waals surface area (Å²) in [5, 5.41) is 2.80. The SMILES string of the molecule is COc1ccc(NC(=O)CCc2cc(OC)c(OC)c(OC)c2)cn1. The van der Waals surface area contributed by atoms with E-state index in [2.05, 4.69) is 10.3 Å². The van der Waals surface area contributed by atoms with Gasteiger partial charge in [-0.3, -0.25) is 4.79 Å². The number of rotatable bonds is 8. The Balaban J connectivity index is 2.01. The van der Waals surface area contributed by atoms with E-state index in [1.807, 2.05) is 12.1 Å². The Kier molecular flexibility index (Phi) is 6.45. The van der Waals surface area contributed by atoms with Crippen LogP contribution in [0.3, 0.4) is 0 Å². The fraction of sp³-hybridized carbons (Fsp3) is 0.333. The number of nitrogens with zero attached hydrogens (tertiary/aromatic N) is 1. The minimum Gasteiger partial charge on any atom is -0.493 e. The molecule has 134 valence electrons. The number of hydrogen-bond acceptors (Lipinski definition) is 6. The Morgan fingerprint density at radius 3 is 2.16 bits per heavy atom. The number of benzene rings is 1. The van der Waals surface area contributed by atoms with Gasteiger partial charge in [-0.1, -0.05) is 0 Å². The van der Waals surface area contributed by atoms with E-state index in [-0.39, 0.29) is 5.91 Å². The van der Waals surface area contributed by atoms with Crippen molar-refractivity contribution in [2.24, 2.45) is 0 Å². The van der Waals surface area contributed by atoms with E-state index in [9.17, 15) is 4.79 Å². The number of methoxy groups -OCH3 is 4. The van der Waals surface area contributed by atoms with Crippen LogP contribution in [-0.2, 0) is 11.2 Å². The van der Waals surface area contributed by atoms with Gasteiger partial charge in [0.1, 0.15) is 0 Å². The number of pyridine rings is 1. The second kappa shape index (κ2) is 8.77. The van der Waals surface area contributed by atoms with E-state index in [1.165, 1.54) is 7.11 Å². The Morgan fingerprint density at radius 2 is 1.68 bits per heavy atom. The molecule has 1 aromatic heterocycles. The van der Waals surface area contributed by atoms with Crippen LogP contribution in [0.2, 0.25) is 0 Å². The first-order valence-electron chi connectivity index (χ1n) is 7.70. The smallest absolute Gasteiger partial charge is 0.224 e. The fourth-order valence-electron chi connectivity index (χ4n) is 2.34. The number of aromatic nitrogens is 1. The van der Waals surface area contributed by atoms with Crippen molar-refractivity contribution in [2.75, 3.05) is 33.8 Å². The molecule has 7 nitrogen and oxygen atoms in total. The van der Waals surface area contributed by atoms with Gasteiger partial charge in [-0.25, -0.2) is 4.98 Å². The first-order valence-corrected chi connectivity index (χ1v) is 7.70. The fourth-order valence-corrected chi connectivity index (χ4v) is 2.34. The summed E-state index contributed by atoms with van der Waals surface area (Å²) < 4.78 is 20.9. The third-order valence-electron chi connectivity index (χ3n) is 3.59. The molecule has 2 aromatic rings. The van der Waals surface area contributed by atoms with Gasteiger partial charge < -0.3 is 24.3 Å². The van der Waals surface area contributed by atoms with Crippen LogP contribution in [0.4, 0.5) is 5.69 Å². The lowest BCUT2D eigenvalue weighted by Gasteiger charge is -2.14. The van der Waals surface area contributed by atoms with E-state index in [1.54, 1.807) is 39.7 Å². The number of nitrogens with one attached hydrogen (secondary N) is 1. The van der Waals surface area contributed by atoms with Crippen molar-refractivity contribution in [1.29, 1.82) is 0 Å². The molecule has 0 unspecified atom stereocenters. The Labute approximate surface area is 146 Å². The Bertz CT molecular complexity index is 691. The zero-order chi connectivity index (χ0) is 18.2. The van der Waals surface area contributed by atoms with Crippen molar-refractivity contribution in [1.82, 2.24) is 4.98 Å². The topological polar surface area (TPSA) is 78.9 Å². The summed E-state index contributed by atoms with van der Waals surface area (Å²) in [6.07, 6.45) is 2.40. The second-order valence-corrected chi connectivity index (χ2v) is 5.17. The van der Waals surface area contributed by atoms with Gasteiger partial charge in [-0.15, -0.1) is 0 Å².